The first-order chi connectivity index (χ1) is 10.7. The number of anilines is 1. The lowest BCUT2D eigenvalue weighted by atomic mass is 9.94. The average molecular weight is 295 g/mol. The molecule has 0 spiro atoms. The zero-order chi connectivity index (χ0) is 15.2. The highest BCUT2D eigenvalue weighted by atomic mass is 16.3. The molecule has 2 heterocycles. The molecule has 2 atom stereocenters. The van der Waals surface area contributed by atoms with Crippen molar-refractivity contribution in [2.75, 3.05) is 12.3 Å². The molecule has 112 valence electrons. The summed E-state index contributed by atoms with van der Waals surface area (Å²) in [6, 6.07) is 10.2. The van der Waals surface area contributed by atoms with Gasteiger partial charge < -0.3 is 15.4 Å². The molecule has 3 aromatic rings. The Morgan fingerprint density at radius 1 is 1.23 bits per heavy atom. The van der Waals surface area contributed by atoms with Crippen LogP contribution in [0.5, 0.6) is 0 Å². The Labute approximate surface area is 127 Å². The van der Waals surface area contributed by atoms with Gasteiger partial charge in [-0.05, 0) is 17.9 Å². The van der Waals surface area contributed by atoms with Gasteiger partial charge in [-0.25, -0.2) is 15.0 Å². The molecule has 0 radical (unpaired) electrons. The lowest BCUT2D eigenvalue weighted by Crippen LogP contribution is -2.17. The van der Waals surface area contributed by atoms with E-state index < -0.39 is 0 Å². The topological polar surface area (TPSA) is 89.9 Å². The van der Waals surface area contributed by atoms with Crippen LogP contribution in [0.4, 0.5) is 5.82 Å². The van der Waals surface area contributed by atoms with Crippen molar-refractivity contribution >= 4 is 17.0 Å². The number of imidazole rings is 1. The minimum Gasteiger partial charge on any atom is -0.395 e. The van der Waals surface area contributed by atoms with Crippen molar-refractivity contribution in [1.29, 1.82) is 0 Å². The van der Waals surface area contributed by atoms with E-state index in [1.165, 1.54) is 11.9 Å². The van der Waals surface area contributed by atoms with E-state index in [2.05, 4.69) is 27.1 Å². The number of nitrogens with zero attached hydrogens (tertiary/aromatic N) is 4. The van der Waals surface area contributed by atoms with Crippen molar-refractivity contribution in [3.8, 4) is 0 Å². The van der Waals surface area contributed by atoms with Crippen LogP contribution in [0.25, 0.3) is 11.2 Å². The summed E-state index contributed by atoms with van der Waals surface area (Å²) in [5.41, 5.74) is 8.26. The van der Waals surface area contributed by atoms with Gasteiger partial charge in [0.05, 0.1) is 12.9 Å². The van der Waals surface area contributed by atoms with Crippen LogP contribution < -0.4 is 5.73 Å². The first kappa shape index (κ1) is 13.2. The van der Waals surface area contributed by atoms with Gasteiger partial charge in [0.25, 0.3) is 0 Å². The van der Waals surface area contributed by atoms with Gasteiger partial charge in [0, 0.05) is 12.0 Å². The minimum atomic E-state index is -0.142. The molecule has 2 aromatic heterocycles. The molecule has 22 heavy (non-hydrogen) atoms. The molecule has 1 aliphatic carbocycles. The summed E-state index contributed by atoms with van der Waals surface area (Å²) in [7, 11) is 0. The number of nitrogen functional groups attached to an aromatic ring is 1. The van der Waals surface area contributed by atoms with E-state index in [1.807, 2.05) is 22.8 Å². The summed E-state index contributed by atoms with van der Waals surface area (Å²) < 4.78 is 2.00. The van der Waals surface area contributed by atoms with Crippen molar-refractivity contribution < 1.29 is 5.11 Å². The second-order valence-electron chi connectivity index (χ2n) is 5.91. The van der Waals surface area contributed by atoms with Gasteiger partial charge in [-0.1, -0.05) is 30.3 Å². The van der Waals surface area contributed by atoms with Crippen LogP contribution in [-0.2, 0) is 12.0 Å². The van der Waals surface area contributed by atoms with Gasteiger partial charge in [-0.3, -0.25) is 0 Å². The van der Waals surface area contributed by atoms with E-state index in [1.54, 1.807) is 6.33 Å². The third kappa shape index (κ3) is 1.88. The second kappa shape index (κ2) is 4.78. The molecule has 0 bridgehead atoms. The highest BCUT2D eigenvalue weighted by molar-refractivity contribution is 5.81. The number of hydrogen-bond donors (Lipinski definition) is 2. The van der Waals surface area contributed by atoms with Crippen LogP contribution in [0.3, 0.4) is 0 Å². The predicted molar refractivity (Wildman–Crippen MR) is 83.0 cm³/mol. The fourth-order valence-electron chi connectivity index (χ4n) is 3.30. The summed E-state index contributed by atoms with van der Waals surface area (Å²) in [6.07, 6.45) is 4.17. The molecule has 6 heteroatoms. The van der Waals surface area contributed by atoms with Crippen LogP contribution in [-0.4, -0.2) is 31.2 Å². The molecule has 4 rings (SSSR count). The maximum atomic E-state index is 9.90. The van der Waals surface area contributed by atoms with Crippen LogP contribution >= 0.6 is 0 Å². The highest BCUT2D eigenvalue weighted by Gasteiger charge is 2.54. The zero-order valence-corrected chi connectivity index (χ0v) is 12.1. The summed E-state index contributed by atoms with van der Waals surface area (Å²) in [6.45, 7) is 0.924. The van der Waals surface area contributed by atoms with Gasteiger partial charge >= 0.3 is 0 Å². The largest absolute Gasteiger partial charge is 0.395 e. The molecule has 1 saturated carbocycles. The van der Waals surface area contributed by atoms with E-state index in [4.69, 9.17) is 5.73 Å². The van der Waals surface area contributed by atoms with Crippen molar-refractivity contribution in [2.45, 2.75) is 18.4 Å². The number of aromatic nitrogens is 4. The SMILES string of the molecule is Nc1ncnc2c1ncn2C[C@@H]1C[C@@]1(CO)c1ccccc1. The standard InChI is InChI=1S/C16H17N5O/c17-14-13-15(19-9-18-14)21(10-20-13)7-12-6-16(12,8-22)11-4-2-1-3-5-11/h1-5,9-10,12,22H,6-8H2,(H2,17,18,19)/t12-,16+/m0/s1. The first-order valence-electron chi connectivity index (χ1n) is 7.32. The molecular weight excluding hydrogens is 278 g/mol. The van der Waals surface area contributed by atoms with E-state index in [0.29, 0.717) is 17.3 Å². The van der Waals surface area contributed by atoms with E-state index in [0.717, 1.165) is 18.6 Å². The van der Waals surface area contributed by atoms with Crippen molar-refractivity contribution in [3.05, 3.63) is 48.5 Å². The third-order valence-electron chi connectivity index (χ3n) is 4.71. The number of fused-ring (bicyclic) bond motifs is 1. The van der Waals surface area contributed by atoms with Crippen LogP contribution in [0.2, 0.25) is 0 Å². The highest BCUT2D eigenvalue weighted by Crippen LogP contribution is 2.54. The van der Waals surface area contributed by atoms with E-state index in [9.17, 15) is 5.11 Å². The predicted octanol–water partition coefficient (Wildman–Crippen LogP) is 1.36. The van der Waals surface area contributed by atoms with Crippen LogP contribution in [0.1, 0.15) is 12.0 Å². The van der Waals surface area contributed by atoms with Gasteiger partial charge in [-0.15, -0.1) is 0 Å². The van der Waals surface area contributed by atoms with Crippen molar-refractivity contribution in [3.63, 3.8) is 0 Å². The molecule has 0 amide bonds. The summed E-state index contributed by atoms with van der Waals surface area (Å²) >= 11 is 0. The van der Waals surface area contributed by atoms with Gasteiger partial charge in [0.2, 0.25) is 0 Å². The molecule has 1 aromatic carbocycles. The lowest BCUT2D eigenvalue weighted by Gasteiger charge is -2.15. The Balaban J connectivity index is 1.63. The number of rotatable bonds is 4. The average Bonchev–Trinajstić information content (AvgIpc) is 3.12. The zero-order valence-electron chi connectivity index (χ0n) is 12.1. The monoisotopic (exact) mass is 295 g/mol. The molecular formula is C16H17N5O. The van der Waals surface area contributed by atoms with Gasteiger partial charge in [-0.2, -0.15) is 0 Å². The molecule has 0 unspecified atom stereocenters. The van der Waals surface area contributed by atoms with Crippen LogP contribution in [0.15, 0.2) is 43.0 Å². The molecule has 0 aliphatic heterocycles. The van der Waals surface area contributed by atoms with E-state index >= 15 is 0 Å². The van der Waals surface area contributed by atoms with Gasteiger partial charge in [0.15, 0.2) is 11.5 Å². The fourth-order valence-corrected chi connectivity index (χ4v) is 3.30. The quantitative estimate of drug-likeness (QED) is 0.758. The van der Waals surface area contributed by atoms with E-state index in [-0.39, 0.29) is 12.0 Å². The number of hydrogen-bond acceptors (Lipinski definition) is 5. The maximum Gasteiger partial charge on any atom is 0.165 e. The Morgan fingerprint density at radius 3 is 2.82 bits per heavy atom. The number of aliphatic hydroxyl groups excluding tert-OH is 1. The Morgan fingerprint density at radius 2 is 2.05 bits per heavy atom. The maximum absolute atomic E-state index is 9.90. The van der Waals surface area contributed by atoms with Gasteiger partial charge in [0.1, 0.15) is 11.8 Å². The summed E-state index contributed by atoms with van der Waals surface area (Å²) in [5.74, 6) is 0.768. The third-order valence-corrected chi connectivity index (χ3v) is 4.71. The molecule has 0 saturated heterocycles. The Kier molecular flexibility index (Phi) is 2.87. The first-order valence-corrected chi connectivity index (χ1v) is 7.32. The minimum absolute atomic E-state index is 0.142. The molecule has 1 fully saturated rings. The Hall–Kier alpha value is -2.47. The lowest BCUT2D eigenvalue weighted by molar-refractivity contribution is 0.242. The Bertz CT molecular complexity index is 816. The molecule has 6 nitrogen and oxygen atoms in total. The summed E-state index contributed by atoms with van der Waals surface area (Å²) in [5, 5.41) is 9.90. The normalized spacial score (nSPS) is 23.8. The smallest absolute Gasteiger partial charge is 0.165 e. The number of benzene rings is 1. The number of aliphatic hydroxyl groups is 1. The molecule has 3 N–H and O–H groups in total. The van der Waals surface area contributed by atoms with Crippen molar-refractivity contribution in [2.24, 2.45) is 5.92 Å². The number of nitrogens with two attached hydrogens (primary N) is 1. The fraction of sp³-hybridized carbons (Fsp3) is 0.312. The summed E-state index contributed by atoms with van der Waals surface area (Å²) in [4.78, 5) is 12.5. The second-order valence-corrected chi connectivity index (χ2v) is 5.91. The van der Waals surface area contributed by atoms with Crippen molar-refractivity contribution in [1.82, 2.24) is 19.5 Å². The molecule has 1 aliphatic rings. The van der Waals surface area contributed by atoms with Crippen LogP contribution in [0, 0.1) is 5.92 Å².